The molecule has 3 rings (SSSR count). The third kappa shape index (κ3) is 4.60. The van der Waals surface area contributed by atoms with Crippen LogP contribution >= 0.6 is 0 Å². The van der Waals surface area contributed by atoms with Crippen LogP contribution in [0.3, 0.4) is 0 Å². The Morgan fingerprint density at radius 1 is 1.16 bits per heavy atom. The van der Waals surface area contributed by atoms with E-state index in [4.69, 9.17) is 9.84 Å². The summed E-state index contributed by atoms with van der Waals surface area (Å²) in [6, 6.07) is 9.08. The Kier molecular flexibility index (Phi) is 6.73. The second kappa shape index (κ2) is 9.45. The summed E-state index contributed by atoms with van der Waals surface area (Å²) in [5, 5.41) is 30.7. The number of nitro groups is 1. The fourth-order valence-electron chi connectivity index (χ4n) is 3.35. The molecule has 1 saturated heterocycles. The van der Waals surface area contributed by atoms with Gasteiger partial charge in [0.1, 0.15) is 11.6 Å². The number of Topliss-reactive ketones (excluding diaryl/α,β-unsaturated/α-hetero) is 1. The van der Waals surface area contributed by atoms with Crippen molar-refractivity contribution in [3.05, 3.63) is 81.2 Å². The monoisotopic (exact) mass is 430 g/mol. The van der Waals surface area contributed by atoms with Crippen LogP contribution in [0.15, 0.2) is 54.1 Å². The van der Waals surface area contributed by atoms with Gasteiger partial charge in [-0.15, -0.1) is 0 Å². The number of amides is 1. The molecule has 9 nitrogen and oxygen atoms in total. The van der Waals surface area contributed by atoms with Gasteiger partial charge in [-0.05, 0) is 17.7 Å². The topological polar surface area (TPSA) is 130 Å². The number of ketones is 1. The molecule has 0 aliphatic carbocycles. The van der Waals surface area contributed by atoms with Crippen molar-refractivity contribution in [3.8, 4) is 0 Å². The van der Waals surface area contributed by atoms with Gasteiger partial charge in [-0.2, -0.15) is 0 Å². The first kappa shape index (κ1) is 22.1. The number of aliphatic hydroxyl groups is 2. The van der Waals surface area contributed by atoms with Crippen molar-refractivity contribution in [2.24, 2.45) is 0 Å². The lowest BCUT2D eigenvalue weighted by atomic mass is 9.95. The Morgan fingerprint density at radius 3 is 2.52 bits per heavy atom. The number of nitro benzene ring substituents is 1. The third-order valence-electron chi connectivity index (χ3n) is 4.77. The van der Waals surface area contributed by atoms with Gasteiger partial charge in [0.2, 0.25) is 0 Å². The third-order valence-corrected chi connectivity index (χ3v) is 4.77. The smallest absolute Gasteiger partial charge is 0.295 e. The maximum atomic E-state index is 13.4. The van der Waals surface area contributed by atoms with E-state index in [0.29, 0.717) is 5.56 Å². The van der Waals surface area contributed by atoms with E-state index in [1.54, 1.807) is 0 Å². The molecule has 1 amide bonds. The summed E-state index contributed by atoms with van der Waals surface area (Å²) < 4.78 is 18.6. The summed E-state index contributed by atoms with van der Waals surface area (Å²) in [6.45, 7) is -0.188. The average molecular weight is 430 g/mol. The molecule has 2 N–H and O–H groups in total. The molecule has 1 aliphatic heterocycles. The lowest BCUT2D eigenvalue weighted by Crippen LogP contribution is -2.33. The fourth-order valence-corrected chi connectivity index (χ4v) is 3.35. The molecule has 1 fully saturated rings. The van der Waals surface area contributed by atoms with Crippen molar-refractivity contribution in [1.82, 2.24) is 4.90 Å². The number of ether oxygens (including phenoxy) is 1. The van der Waals surface area contributed by atoms with Crippen LogP contribution in [-0.2, 0) is 14.3 Å². The van der Waals surface area contributed by atoms with Crippen LogP contribution in [0.5, 0.6) is 0 Å². The van der Waals surface area contributed by atoms with Gasteiger partial charge in [0.05, 0.1) is 36.4 Å². The molecule has 1 heterocycles. The van der Waals surface area contributed by atoms with Crippen LogP contribution < -0.4 is 0 Å². The number of carbonyl (C=O) groups excluding carboxylic acids is 2. The number of nitrogens with zero attached hydrogens (tertiary/aromatic N) is 2. The van der Waals surface area contributed by atoms with E-state index in [-0.39, 0.29) is 43.2 Å². The minimum Gasteiger partial charge on any atom is -0.507 e. The number of rotatable bonds is 8. The summed E-state index contributed by atoms with van der Waals surface area (Å²) in [6.07, 6.45) is 0. The molecule has 10 heteroatoms. The molecule has 0 aromatic heterocycles. The summed E-state index contributed by atoms with van der Waals surface area (Å²) in [7, 11) is 0. The van der Waals surface area contributed by atoms with E-state index in [1.165, 1.54) is 35.2 Å². The molecule has 162 valence electrons. The molecule has 0 saturated carbocycles. The second-order valence-electron chi connectivity index (χ2n) is 6.69. The minimum atomic E-state index is -1.04. The lowest BCUT2D eigenvalue weighted by Gasteiger charge is -2.25. The van der Waals surface area contributed by atoms with E-state index >= 15 is 0 Å². The molecule has 0 spiro atoms. The van der Waals surface area contributed by atoms with Crippen LogP contribution in [0.4, 0.5) is 10.1 Å². The molecule has 2 aromatic rings. The van der Waals surface area contributed by atoms with E-state index in [1.807, 2.05) is 0 Å². The maximum Gasteiger partial charge on any atom is 0.295 e. The van der Waals surface area contributed by atoms with Crippen molar-refractivity contribution in [2.75, 3.05) is 26.4 Å². The van der Waals surface area contributed by atoms with Gasteiger partial charge >= 0.3 is 0 Å². The number of non-ortho nitro benzene ring substituents is 1. The Labute approximate surface area is 176 Å². The van der Waals surface area contributed by atoms with E-state index in [2.05, 4.69) is 0 Å². The highest BCUT2D eigenvalue weighted by atomic mass is 19.1. The molecule has 0 bridgehead atoms. The molecule has 31 heavy (non-hydrogen) atoms. The highest BCUT2D eigenvalue weighted by Crippen LogP contribution is 2.39. The Bertz CT molecular complexity index is 1040. The number of aliphatic hydroxyl groups excluding tert-OH is 2. The van der Waals surface area contributed by atoms with Crippen molar-refractivity contribution >= 4 is 23.1 Å². The summed E-state index contributed by atoms with van der Waals surface area (Å²) in [4.78, 5) is 37.1. The molecular weight excluding hydrogens is 411 g/mol. The molecule has 0 radical (unpaired) electrons. The number of halogens is 1. The Hall–Kier alpha value is -3.63. The Balaban J connectivity index is 2.09. The number of carbonyl (C=O) groups is 2. The average Bonchev–Trinajstić information content (AvgIpc) is 3.01. The molecule has 1 aliphatic rings. The highest BCUT2D eigenvalue weighted by Gasteiger charge is 2.46. The number of benzene rings is 2. The van der Waals surface area contributed by atoms with E-state index in [9.17, 15) is 29.2 Å². The van der Waals surface area contributed by atoms with Crippen LogP contribution in [0, 0.1) is 15.9 Å². The predicted molar refractivity (Wildman–Crippen MR) is 106 cm³/mol. The van der Waals surface area contributed by atoms with Gasteiger partial charge < -0.3 is 19.8 Å². The number of hydrogen-bond acceptors (Lipinski definition) is 7. The summed E-state index contributed by atoms with van der Waals surface area (Å²) >= 11 is 0. The quantitative estimate of drug-likeness (QED) is 0.164. The molecule has 1 atom stereocenters. The maximum absolute atomic E-state index is 13.4. The first-order valence-corrected chi connectivity index (χ1v) is 9.32. The number of hydrogen-bond donors (Lipinski definition) is 2. The van der Waals surface area contributed by atoms with E-state index < -0.39 is 34.2 Å². The first-order chi connectivity index (χ1) is 14.8. The molecule has 0 unspecified atom stereocenters. The van der Waals surface area contributed by atoms with Gasteiger partial charge in [-0.3, -0.25) is 19.7 Å². The fraction of sp³-hybridized carbons (Fsp3) is 0.238. The van der Waals surface area contributed by atoms with Crippen LogP contribution in [-0.4, -0.2) is 58.1 Å². The standard InChI is InChI=1S/C21H19FN2O7/c22-15-6-4-13(5-7-15)18-17(19(26)14-2-1-3-16(12-14)24(29)30)20(27)21(28)23(18)8-10-31-11-9-25/h1-7,12,18,25-26H,8-11H2/t18-/m0/s1. The van der Waals surface area contributed by atoms with E-state index in [0.717, 1.165) is 18.2 Å². The molecular formula is C21H19FN2O7. The second-order valence-corrected chi connectivity index (χ2v) is 6.69. The Morgan fingerprint density at radius 2 is 1.87 bits per heavy atom. The van der Waals surface area contributed by atoms with Gasteiger partial charge in [0.25, 0.3) is 17.4 Å². The first-order valence-electron chi connectivity index (χ1n) is 9.32. The van der Waals surface area contributed by atoms with Crippen molar-refractivity contribution in [1.29, 1.82) is 0 Å². The minimum absolute atomic E-state index is 0.00385. The summed E-state index contributed by atoms with van der Waals surface area (Å²) in [5.74, 6) is -2.96. The van der Waals surface area contributed by atoms with Gasteiger partial charge in [-0.25, -0.2) is 4.39 Å². The van der Waals surface area contributed by atoms with Gasteiger partial charge in [0, 0.05) is 24.2 Å². The lowest BCUT2D eigenvalue weighted by molar-refractivity contribution is -0.384. The summed E-state index contributed by atoms with van der Waals surface area (Å²) in [5.41, 5.74) is -0.196. The SMILES string of the molecule is O=C1C(=O)N(CCOCCO)[C@@H](c2ccc(F)cc2)C1=C(O)c1cccc([N+](=O)[O-])c1. The largest absolute Gasteiger partial charge is 0.507 e. The van der Waals surface area contributed by atoms with Crippen LogP contribution in [0.1, 0.15) is 17.2 Å². The normalized spacial score (nSPS) is 17.9. The predicted octanol–water partition coefficient (Wildman–Crippen LogP) is 2.16. The van der Waals surface area contributed by atoms with Crippen molar-refractivity contribution < 1.29 is 33.9 Å². The zero-order valence-corrected chi connectivity index (χ0v) is 16.2. The van der Waals surface area contributed by atoms with Crippen molar-refractivity contribution in [3.63, 3.8) is 0 Å². The van der Waals surface area contributed by atoms with Gasteiger partial charge in [0.15, 0.2) is 0 Å². The van der Waals surface area contributed by atoms with Gasteiger partial charge in [-0.1, -0.05) is 24.3 Å². The van der Waals surface area contributed by atoms with Crippen LogP contribution in [0.25, 0.3) is 5.76 Å². The zero-order valence-electron chi connectivity index (χ0n) is 16.2. The number of likely N-dealkylation sites (tertiary alicyclic amines) is 1. The zero-order chi connectivity index (χ0) is 22.5. The highest BCUT2D eigenvalue weighted by molar-refractivity contribution is 6.46. The van der Waals surface area contributed by atoms with Crippen molar-refractivity contribution in [2.45, 2.75) is 6.04 Å². The molecule has 2 aromatic carbocycles. The van der Waals surface area contributed by atoms with Crippen LogP contribution in [0.2, 0.25) is 0 Å².